The Bertz CT molecular complexity index is 1070. The summed E-state index contributed by atoms with van der Waals surface area (Å²) in [5.74, 6) is 0.944. The highest BCUT2D eigenvalue weighted by Crippen LogP contribution is 2.23. The van der Waals surface area contributed by atoms with Crippen LogP contribution in [0.5, 0.6) is 0 Å². The predicted octanol–water partition coefficient (Wildman–Crippen LogP) is 3.83. The first-order valence-corrected chi connectivity index (χ1v) is 9.77. The van der Waals surface area contributed by atoms with Gasteiger partial charge in [-0.2, -0.15) is 0 Å². The normalized spacial score (nSPS) is 11.0. The lowest BCUT2D eigenvalue weighted by Crippen LogP contribution is -2.28. The van der Waals surface area contributed by atoms with Crippen molar-refractivity contribution in [3.63, 3.8) is 0 Å². The molecule has 0 saturated heterocycles. The summed E-state index contributed by atoms with van der Waals surface area (Å²) in [5.41, 5.74) is 3.96. The quantitative estimate of drug-likeness (QED) is 0.556. The molecule has 0 bridgehead atoms. The van der Waals surface area contributed by atoms with Crippen LogP contribution in [0.3, 0.4) is 0 Å². The Labute approximate surface area is 161 Å². The van der Waals surface area contributed by atoms with E-state index >= 15 is 0 Å². The first-order valence-electron chi connectivity index (χ1n) is 8.89. The average molecular weight is 376 g/mol. The molecule has 1 amide bonds. The van der Waals surface area contributed by atoms with Crippen molar-refractivity contribution in [1.29, 1.82) is 0 Å². The Kier molecular flexibility index (Phi) is 4.98. The third-order valence-electron chi connectivity index (χ3n) is 4.42. The van der Waals surface area contributed by atoms with Crippen molar-refractivity contribution in [1.82, 2.24) is 19.9 Å². The minimum atomic E-state index is -0.0121. The number of nitrogens with zero attached hydrogens (tertiary/aromatic N) is 3. The largest absolute Gasteiger partial charge is 0.354 e. The number of nitrogens with one attached hydrogen (secondary N) is 1. The van der Waals surface area contributed by atoms with Crippen molar-refractivity contribution in [2.24, 2.45) is 0 Å². The van der Waals surface area contributed by atoms with Crippen molar-refractivity contribution >= 4 is 28.3 Å². The molecule has 6 heteroatoms. The number of carbonyl (C=O) groups excluding carboxylic acids is 1. The maximum absolute atomic E-state index is 12.3. The van der Waals surface area contributed by atoms with Crippen LogP contribution in [0.1, 0.15) is 11.5 Å². The summed E-state index contributed by atoms with van der Waals surface area (Å²) >= 11 is 1.57. The maximum atomic E-state index is 12.3. The number of hydrogen-bond acceptors (Lipinski definition) is 4. The van der Waals surface area contributed by atoms with Gasteiger partial charge in [-0.05, 0) is 19.1 Å². The molecule has 0 aliphatic heterocycles. The molecule has 1 N–H and O–H groups in total. The van der Waals surface area contributed by atoms with Crippen molar-refractivity contribution < 1.29 is 4.79 Å². The van der Waals surface area contributed by atoms with Gasteiger partial charge in [0.2, 0.25) is 5.91 Å². The third kappa shape index (κ3) is 3.90. The molecule has 0 saturated carbocycles. The molecule has 0 fully saturated rings. The first kappa shape index (κ1) is 17.4. The van der Waals surface area contributed by atoms with Crippen LogP contribution in [0.2, 0.25) is 0 Å². The van der Waals surface area contributed by atoms with Crippen LogP contribution in [0.4, 0.5) is 0 Å². The number of rotatable bonds is 6. The zero-order valence-corrected chi connectivity index (χ0v) is 15.9. The lowest BCUT2D eigenvalue weighted by atomic mass is 10.2. The summed E-state index contributed by atoms with van der Waals surface area (Å²) in [6.07, 6.45) is 0.299. The van der Waals surface area contributed by atoms with Crippen LogP contribution >= 0.6 is 11.3 Å². The number of benzene rings is 2. The highest BCUT2D eigenvalue weighted by atomic mass is 32.1. The second-order valence-electron chi connectivity index (χ2n) is 6.34. The van der Waals surface area contributed by atoms with Crippen molar-refractivity contribution in [3.8, 4) is 10.6 Å². The Morgan fingerprint density at radius 2 is 1.85 bits per heavy atom. The molecule has 0 spiro atoms. The summed E-state index contributed by atoms with van der Waals surface area (Å²) in [6.45, 7) is 3.25. The Balaban J connectivity index is 1.34. The summed E-state index contributed by atoms with van der Waals surface area (Å²) in [4.78, 5) is 21.4. The van der Waals surface area contributed by atoms with Crippen molar-refractivity contribution in [3.05, 3.63) is 71.5 Å². The predicted molar refractivity (Wildman–Crippen MR) is 109 cm³/mol. The lowest BCUT2D eigenvalue weighted by molar-refractivity contribution is -0.120. The number of fused-ring (bicyclic) bond motifs is 1. The van der Waals surface area contributed by atoms with E-state index in [9.17, 15) is 4.79 Å². The van der Waals surface area contributed by atoms with E-state index < -0.39 is 0 Å². The fraction of sp³-hybridized carbons (Fsp3) is 0.190. The van der Waals surface area contributed by atoms with Crippen LogP contribution in [0.25, 0.3) is 21.6 Å². The van der Waals surface area contributed by atoms with Gasteiger partial charge in [-0.15, -0.1) is 11.3 Å². The summed E-state index contributed by atoms with van der Waals surface area (Å²) in [6, 6.07) is 18.1. The fourth-order valence-electron chi connectivity index (χ4n) is 3.11. The van der Waals surface area contributed by atoms with Crippen molar-refractivity contribution in [2.45, 2.75) is 19.9 Å². The molecular weight excluding hydrogens is 356 g/mol. The van der Waals surface area contributed by atoms with Gasteiger partial charge in [0.25, 0.3) is 0 Å². The monoisotopic (exact) mass is 376 g/mol. The summed E-state index contributed by atoms with van der Waals surface area (Å²) in [5, 5.41) is 5.88. The smallest absolute Gasteiger partial charge is 0.226 e. The van der Waals surface area contributed by atoms with E-state index in [4.69, 9.17) is 0 Å². The van der Waals surface area contributed by atoms with E-state index in [1.165, 1.54) is 0 Å². The fourth-order valence-corrected chi connectivity index (χ4v) is 3.94. The number of imidazole rings is 1. The second kappa shape index (κ2) is 7.72. The molecule has 2 aromatic carbocycles. The van der Waals surface area contributed by atoms with Gasteiger partial charge in [-0.1, -0.05) is 42.5 Å². The third-order valence-corrected chi connectivity index (χ3v) is 5.36. The minimum absolute atomic E-state index is 0.0121. The van der Waals surface area contributed by atoms with Crippen LogP contribution in [-0.2, 0) is 17.8 Å². The molecule has 2 heterocycles. The van der Waals surface area contributed by atoms with Gasteiger partial charge in [0.15, 0.2) is 0 Å². The van der Waals surface area contributed by atoms with Crippen molar-refractivity contribution in [2.75, 3.05) is 6.54 Å². The molecule has 4 aromatic rings. The van der Waals surface area contributed by atoms with Gasteiger partial charge in [0, 0.05) is 24.0 Å². The van der Waals surface area contributed by atoms with Gasteiger partial charge < -0.3 is 9.88 Å². The van der Waals surface area contributed by atoms with Gasteiger partial charge in [0.1, 0.15) is 10.8 Å². The number of hydrogen-bond donors (Lipinski definition) is 1. The van der Waals surface area contributed by atoms with E-state index in [0.717, 1.165) is 33.1 Å². The van der Waals surface area contributed by atoms with Crippen LogP contribution in [0.15, 0.2) is 60.0 Å². The number of amides is 1. The molecule has 5 nitrogen and oxygen atoms in total. The van der Waals surface area contributed by atoms with E-state index in [-0.39, 0.29) is 5.91 Å². The summed E-state index contributed by atoms with van der Waals surface area (Å²) in [7, 11) is 0. The van der Waals surface area contributed by atoms with E-state index in [1.54, 1.807) is 11.3 Å². The van der Waals surface area contributed by atoms with Gasteiger partial charge in [-0.3, -0.25) is 4.79 Å². The molecule has 27 heavy (non-hydrogen) atoms. The average Bonchev–Trinajstić information content (AvgIpc) is 3.27. The standard InChI is InChI=1S/C21H20N4OS/c1-15-23-18-9-5-6-10-19(18)25(15)12-11-22-20(26)13-17-14-27-21(24-17)16-7-3-2-4-8-16/h2-10,14H,11-13H2,1H3,(H,22,26). The highest BCUT2D eigenvalue weighted by Gasteiger charge is 2.10. The van der Waals surface area contributed by atoms with Crippen LogP contribution in [0, 0.1) is 6.92 Å². The number of thiazole rings is 1. The molecule has 2 aromatic heterocycles. The highest BCUT2D eigenvalue weighted by molar-refractivity contribution is 7.13. The number of aromatic nitrogens is 3. The molecule has 4 rings (SSSR count). The van der Waals surface area contributed by atoms with Crippen LogP contribution < -0.4 is 5.32 Å². The Morgan fingerprint density at radius 1 is 1.07 bits per heavy atom. The van der Waals surface area contributed by atoms with E-state index in [2.05, 4.69) is 25.9 Å². The zero-order chi connectivity index (χ0) is 18.6. The van der Waals surface area contributed by atoms with E-state index in [1.807, 2.05) is 60.8 Å². The lowest BCUT2D eigenvalue weighted by Gasteiger charge is -2.08. The number of para-hydroxylation sites is 2. The Hall–Kier alpha value is -2.99. The number of carbonyl (C=O) groups is 1. The first-order chi connectivity index (χ1) is 13.2. The minimum Gasteiger partial charge on any atom is -0.354 e. The molecule has 0 unspecified atom stereocenters. The molecule has 0 aliphatic carbocycles. The maximum Gasteiger partial charge on any atom is 0.226 e. The Morgan fingerprint density at radius 3 is 2.70 bits per heavy atom. The summed E-state index contributed by atoms with van der Waals surface area (Å²) < 4.78 is 2.13. The number of aryl methyl sites for hydroxylation is 1. The van der Waals surface area contributed by atoms with Gasteiger partial charge >= 0.3 is 0 Å². The second-order valence-corrected chi connectivity index (χ2v) is 7.19. The molecule has 0 aliphatic rings. The molecule has 0 radical (unpaired) electrons. The molecule has 136 valence electrons. The zero-order valence-electron chi connectivity index (χ0n) is 15.1. The van der Waals surface area contributed by atoms with Crippen LogP contribution in [-0.4, -0.2) is 27.0 Å². The topological polar surface area (TPSA) is 59.8 Å². The van der Waals surface area contributed by atoms with Gasteiger partial charge in [-0.25, -0.2) is 9.97 Å². The van der Waals surface area contributed by atoms with Gasteiger partial charge in [0.05, 0.1) is 23.1 Å². The molecule has 0 atom stereocenters. The SMILES string of the molecule is Cc1nc2ccccc2n1CCNC(=O)Cc1csc(-c2ccccc2)n1. The van der Waals surface area contributed by atoms with E-state index in [0.29, 0.717) is 19.5 Å². The molecular formula is C21H20N4OS.